The average Bonchev–Trinajstić information content (AvgIpc) is 2.39. The van der Waals surface area contributed by atoms with Gasteiger partial charge in [-0.2, -0.15) is 0 Å². The Morgan fingerprint density at radius 1 is 1.06 bits per heavy atom. The van der Waals surface area contributed by atoms with Gasteiger partial charge in [0.25, 0.3) is 0 Å². The first-order valence-corrected chi connectivity index (χ1v) is 7.84. The van der Waals surface area contributed by atoms with Gasteiger partial charge in [0, 0.05) is 12.6 Å². The van der Waals surface area contributed by atoms with Gasteiger partial charge in [-0.15, -0.1) is 0 Å². The molecule has 2 aliphatic rings. The minimum Gasteiger partial charge on any atom is -0.313 e. The molecular weight excluding hydrogens is 208 g/mol. The maximum atomic E-state index is 3.61. The van der Waals surface area contributed by atoms with Crippen molar-refractivity contribution in [2.45, 2.75) is 64.3 Å². The second-order valence-electron chi connectivity index (χ2n) is 5.99. The highest BCUT2D eigenvalue weighted by atomic mass is 15.2. The van der Waals surface area contributed by atoms with Gasteiger partial charge in [0.1, 0.15) is 0 Å². The molecule has 17 heavy (non-hydrogen) atoms. The molecule has 100 valence electrons. The lowest BCUT2D eigenvalue weighted by Crippen LogP contribution is -2.46. The van der Waals surface area contributed by atoms with Crippen molar-refractivity contribution in [3.05, 3.63) is 0 Å². The zero-order chi connectivity index (χ0) is 11.9. The number of likely N-dealkylation sites (N-methyl/N-ethyl adjacent to an activating group) is 1. The Kier molecular flexibility index (Phi) is 5.79. The van der Waals surface area contributed by atoms with Crippen molar-refractivity contribution >= 4 is 0 Å². The first kappa shape index (κ1) is 13.4. The van der Waals surface area contributed by atoms with E-state index >= 15 is 0 Å². The molecule has 1 aliphatic heterocycles. The number of piperidine rings is 1. The number of hydrogen-bond donors (Lipinski definition) is 1. The fourth-order valence-corrected chi connectivity index (χ4v) is 3.55. The van der Waals surface area contributed by atoms with Gasteiger partial charge in [-0.05, 0) is 44.8 Å². The summed E-state index contributed by atoms with van der Waals surface area (Å²) < 4.78 is 0. The van der Waals surface area contributed by atoms with Crippen molar-refractivity contribution in [1.29, 1.82) is 0 Å². The third-order valence-corrected chi connectivity index (χ3v) is 4.58. The standard InChI is InChI=1S/C15H30N2/c1-2-16-15-9-6-11-17(13-15)12-10-14-7-4-3-5-8-14/h14-16H,2-13H2,1H3. The van der Waals surface area contributed by atoms with Crippen LogP contribution in [0.2, 0.25) is 0 Å². The molecule has 2 nitrogen and oxygen atoms in total. The van der Waals surface area contributed by atoms with Gasteiger partial charge in [0.2, 0.25) is 0 Å². The summed E-state index contributed by atoms with van der Waals surface area (Å²) in [7, 11) is 0. The molecule has 1 saturated heterocycles. The molecule has 0 aromatic rings. The van der Waals surface area contributed by atoms with Crippen LogP contribution < -0.4 is 5.32 Å². The van der Waals surface area contributed by atoms with Gasteiger partial charge in [-0.3, -0.25) is 0 Å². The van der Waals surface area contributed by atoms with E-state index in [1.54, 1.807) is 0 Å². The predicted octanol–water partition coefficient (Wildman–Crippen LogP) is 3.03. The van der Waals surface area contributed by atoms with Crippen molar-refractivity contribution in [1.82, 2.24) is 10.2 Å². The van der Waals surface area contributed by atoms with Gasteiger partial charge < -0.3 is 10.2 Å². The summed E-state index contributed by atoms with van der Waals surface area (Å²) in [6.45, 7) is 7.34. The molecule has 1 N–H and O–H groups in total. The minimum absolute atomic E-state index is 0.764. The predicted molar refractivity (Wildman–Crippen MR) is 74.3 cm³/mol. The molecule has 2 rings (SSSR count). The molecule has 1 unspecified atom stereocenters. The average molecular weight is 238 g/mol. The molecule has 0 aromatic carbocycles. The third kappa shape index (κ3) is 4.59. The van der Waals surface area contributed by atoms with E-state index in [0.717, 1.165) is 18.5 Å². The Morgan fingerprint density at radius 2 is 1.88 bits per heavy atom. The fraction of sp³-hybridized carbons (Fsp3) is 1.00. The van der Waals surface area contributed by atoms with E-state index in [9.17, 15) is 0 Å². The Morgan fingerprint density at radius 3 is 2.65 bits per heavy atom. The Labute approximate surface area is 107 Å². The van der Waals surface area contributed by atoms with E-state index in [0.29, 0.717) is 0 Å². The molecule has 0 spiro atoms. The SMILES string of the molecule is CCNC1CCCN(CCC2CCCCC2)C1. The summed E-state index contributed by atoms with van der Waals surface area (Å²) in [4.78, 5) is 2.70. The smallest absolute Gasteiger partial charge is 0.0195 e. The number of nitrogens with zero attached hydrogens (tertiary/aromatic N) is 1. The minimum atomic E-state index is 0.764. The number of likely N-dealkylation sites (tertiary alicyclic amines) is 1. The van der Waals surface area contributed by atoms with E-state index < -0.39 is 0 Å². The topological polar surface area (TPSA) is 15.3 Å². The second kappa shape index (κ2) is 7.38. The maximum absolute atomic E-state index is 3.61. The fourth-order valence-electron chi connectivity index (χ4n) is 3.55. The van der Waals surface area contributed by atoms with Crippen LogP contribution in [0.4, 0.5) is 0 Å². The zero-order valence-electron chi connectivity index (χ0n) is 11.6. The molecular formula is C15H30N2. The van der Waals surface area contributed by atoms with Gasteiger partial charge >= 0.3 is 0 Å². The summed E-state index contributed by atoms with van der Waals surface area (Å²) in [6.07, 6.45) is 11.7. The maximum Gasteiger partial charge on any atom is 0.0195 e. The first-order chi connectivity index (χ1) is 8.38. The number of rotatable bonds is 5. The summed E-state index contributed by atoms with van der Waals surface area (Å²) >= 11 is 0. The quantitative estimate of drug-likeness (QED) is 0.792. The molecule has 1 aliphatic carbocycles. The molecule has 0 amide bonds. The van der Waals surface area contributed by atoms with Crippen LogP contribution in [0.25, 0.3) is 0 Å². The lowest BCUT2D eigenvalue weighted by Gasteiger charge is -2.34. The molecule has 2 fully saturated rings. The van der Waals surface area contributed by atoms with Crippen LogP contribution in [0, 0.1) is 5.92 Å². The molecule has 0 bridgehead atoms. The van der Waals surface area contributed by atoms with Gasteiger partial charge in [0.05, 0.1) is 0 Å². The van der Waals surface area contributed by atoms with Crippen molar-refractivity contribution in [2.75, 3.05) is 26.2 Å². The van der Waals surface area contributed by atoms with Crippen LogP contribution >= 0.6 is 0 Å². The van der Waals surface area contributed by atoms with E-state index in [2.05, 4.69) is 17.1 Å². The first-order valence-electron chi connectivity index (χ1n) is 7.84. The highest BCUT2D eigenvalue weighted by Crippen LogP contribution is 2.26. The van der Waals surface area contributed by atoms with E-state index in [4.69, 9.17) is 0 Å². The molecule has 2 heteroatoms. The zero-order valence-corrected chi connectivity index (χ0v) is 11.6. The molecule has 0 radical (unpaired) electrons. The highest BCUT2D eigenvalue weighted by molar-refractivity contribution is 4.78. The third-order valence-electron chi connectivity index (χ3n) is 4.58. The van der Waals surface area contributed by atoms with Gasteiger partial charge in [-0.25, -0.2) is 0 Å². The van der Waals surface area contributed by atoms with Gasteiger partial charge in [-0.1, -0.05) is 39.0 Å². The summed E-state index contributed by atoms with van der Waals surface area (Å²) in [5, 5.41) is 3.61. The normalized spacial score (nSPS) is 28.4. The molecule has 1 heterocycles. The second-order valence-corrected chi connectivity index (χ2v) is 5.99. The van der Waals surface area contributed by atoms with Crippen LogP contribution in [0.15, 0.2) is 0 Å². The lowest BCUT2D eigenvalue weighted by molar-refractivity contribution is 0.173. The Balaban J connectivity index is 1.64. The van der Waals surface area contributed by atoms with Crippen molar-refractivity contribution in [2.24, 2.45) is 5.92 Å². The molecule has 1 saturated carbocycles. The summed E-state index contributed by atoms with van der Waals surface area (Å²) in [6, 6.07) is 0.764. The summed E-state index contributed by atoms with van der Waals surface area (Å²) in [5.41, 5.74) is 0. The van der Waals surface area contributed by atoms with Crippen molar-refractivity contribution < 1.29 is 0 Å². The van der Waals surface area contributed by atoms with Crippen LogP contribution in [0.3, 0.4) is 0 Å². The van der Waals surface area contributed by atoms with E-state index in [1.165, 1.54) is 71.0 Å². The van der Waals surface area contributed by atoms with Crippen molar-refractivity contribution in [3.63, 3.8) is 0 Å². The largest absolute Gasteiger partial charge is 0.313 e. The lowest BCUT2D eigenvalue weighted by atomic mass is 9.87. The highest BCUT2D eigenvalue weighted by Gasteiger charge is 2.20. The van der Waals surface area contributed by atoms with Crippen LogP contribution in [-0.2, 0) is 0 Å². The van der Waals surface area contributed by atoms with E-state index in [-0.39, 0.29) is 0 Å². The van der Waals surface area contributed by atoms with Gasteiger partial charge in [0.15, 0.2) is 0 Å². The Hall–Kier alpha value is -0.0800. The summed E-state index contributed by atoms with van der Waals surface area (Å²) in [5.74, 6) is 1.04. The van der Waals surface area contributed by atoms with Crippen LogP contribution in [0.5, 0.6) is 0 Å². The number of hydrogen-bond acceptors (Lipinski definition) is 2. The van der Waals surface area contributed by atoms with Crippen molar-refractivity contribution in [3.8, 4) is 0 Å². The number of nitrogens with one attached hydrogen (secondary N) is 1. The van der Waals surface area contributed by atoms with E-state index in [1.807, 2.05) is 0 Å². The van der Waals surface area contributed by atoms with Crippen LogP contribution in [-0.4, -0.2) is 37.1 Å². The monoisotopic (exact) mass is 238 g/mol. The molecule has 0 aromatic heterocycles. The van der Waals surface area contributed by atoms with Crippen LogP contribution in [0.1, 0.15) is 58.3 Å². The Bertz CT molecular complexity index is 197. The molecule has 1 atom stereocenters.